The summed E-state index contributed by atoms with van der Waals surface area (Å²) in [5, 5.41) is 11.1. The van der Waals surface area contributed by atoms with E-state index in [-0.39, 0.29) is 28.4 Å². The Hall–Kier alpha value is -4.33. The molecule has 0 aliphatic rings. The van der Waals surface area contributed by atoms with Crippen LogP contribution in [0.1, 0.15) is 15.9 Å². The Kier molecular flexibility index (Phi) is 6.23. The zero-order valence-corrected chi connectivity index (χ0v) is 19.4. The molecule has 0 fully saturated rings. The highest BCUT2D eigenvalue weighted by molar-refractivity contribution is 6.20. The molecule has 0 unspecified atom stereocenters. The molecule has 1 aromatic heterocycles. The van der Waals surface area contributed by atoms with Gasteiger partial charge >= 0.3 is 0 Å². The fraction of sp³-hybridized carbons (Fsp3) is 0.192. The number of phenols is 1. The highest BCUT2D eigenvalue weighted by Gasteiger charge is 2.28. The van der Waals surface area contributed by atoms with Gasteiger partial charge in [-0.05, 0) is 48.5 Å². The summed E-state index contributed by atoms with van der Waals surface area (Å²) < 4.78 is 32.7. The van der Waals surface area contributed by atoms with E-state index in [0.29, 0.717) is 45.3 Å². The van der Waals surface area contributed by atoms with Crippen molar-refractivity contribution < 1.29 is 38.0 Å². The molecular weight excluding hydrogens is 440 g/mol. The summed E-state index contributed by atoms with van der Waals surface area (Å²) in [5.74, 6) is 1.68. The minimum atomic E-state index is -0.353. The van der Waals surface area contributed by atoms with Gasteiger partial charge in [-0.25, -0.2) is 0 Å². The number of aromatic hydroxyl groups is 1. The molecule has 1 N–H and O–H groups in total. The molecule has 176 valence electrons. The number of ether oxygens (including phenoxy) is 5. The number of fused-ring (bicyclic) bond motifs is 1. The number of carbonyl (C=O) groups excluding carboxylic acids is 1. The molecular formula is C26H24O8. The maximum Gasteiger partial charge on any atom is 0.203 e. The van der Waals surface area contributed by atoms with Gasteiger partial charge < -0.3 is 33.2 Å². The van der Waals surface area contributed by atoms with Crippen LogP contribution >= 0.6 is 0 Å². The molecule has 1 heterocycles. The highest BCUT2D eigenvalue weighted by atomic mass is 16.5. The van der Waals surface area contributed by atoms with E-state index in [4.69, 9.17) is 28.1 Å². The SMILES string of the molecule is COc1ccc(-c2oc3c(O)c(OC)ccc3c2C(=O)c2cc(OC)c(OC)c(OC)c2)cc1. The molecule has 0 radical (unpaired) electrons. The van der Waals surface area contributed by atoms with E-state index >= 15 is 0 Å². The first kappa shape index (κ1) is 22.8. The molecule has 0 aliphatic carbocycles. The van der Waals surface area contributed by atoms with E-state index in [2.05, 4.69) is 0 Å². The van der Waals surface area contributed by atoms with E-state index in [9.17, 15) is 9.90 Å². The number of benzene rings is 3. The normalized spacial score (nSPS) is 10.7. The van der Waals surface area contributed by atoms with E-state index in [1.807, 2.05) is 0 Å². The van der Waals surface area contributed by atoms with Gasteiger partial charge in [-0.1, -0.05) is 0 Å². The van der Waals surface area contributed by atoms with Crippen molar-refractivity contribution >= 4 is 16.8 Å². The summed E-state index contributed by atoms with van der Waals surface area (Å²) in [7, 11) is 7.46. The number of rotatable bonds is 8. The van der Waals surface area contributed by atoms with Gasteiger partial charge in [0, 0.05) is 16.5 Å². The third-order valence-corrected chi connectivity index (χ3v) is 5.52. The van der Waals surface area contributed by atoms with Gasteiger partial charge in [0.1, 0.15) is 11.5 Å². The van der Waals surface area contributed by atoms with Crippen molar-refractivity contribution in [1.82, 2.24) is 0 Å². The van der Waals surface area contributed by atoms with E-state index < -0.39 is 0 Å². The van der Waals surface area contributed by atoms with Crippen molar-refractivity contribution in [2.24, 2.45) is 0 Å². The molecule has 4 rings (SSSR count). The van der Waals surface area contributed by atoms with Crippen molar-refractivity contribution in [3.63, 3.8) is 0 Å². The fourth-order valence-corrected chi connectivity index (χ4v) is 3.82. The van der Waals surface area contributed by atoms with Crippen LogP contribution in [0.2, 0.25) is 0 Å². The Morgan fingerprint density at radius 2 is 1.38 bits per heavy atom. The van der Waals surface area contributed by atoms with Crippen LogP contribution in [0.3, 0.4) is 0 Å². The second-order valence-electron chi connectivity index (χ2n) is 7.27. The Morgan fingerprint density at radius 1 is 0.765 bits per heavy atom. The van der Waals surface area contributed by atoms with Crippen LogP contribution in [0.15, 0.2) is 52.9 Å². The molecule has 8 nitrogen and oxygen atoms in total. The zero-order chi connectivity index (χ0) is 24.4. The lowest BCUT2D eigenvalue weighted by Crippen LogP contribution is -2.05. The van der Waals surface area contributed by atoms with Crippen LogP contribution < -0.4 is 23.7 Å². The Bertz CT molecular complexity index is 1330. The van der Waals surface area contributed by atoms with Crippen LogP contribution in [0, 0.1) is 0 Å². The summed E-state index contributed by atoms with van der Waals surface area (Å²) in [6.45, 7) is 0. The Labute approximate surface area is 196 Å². The third-order valence-electron chi connectivity index (χ3n) is 5.52. The predicted molar refractivity (Wildman–Crippen MR) is 126 cm³/mol. The number of hydrogen-bond donors (Lipinski definition) is 1. The fourth-order valence-electron chi connectivity index (χ4n) is 3.82. The smallest absolute Gasteiger partial charge is 0.203 e. The second-order valence-corrected chi connectivity index (χ2v) is 7.27. The van der Waals surface area contributed by atoms with E-state index in [0.717, 1.165) is 0 Å². The standard InChI is InChI=1S/C26H24O8/c1-29-16-8-6-14(7-9-16)24-21(17-10-11-18(30-2)23(28)25(17)34-24)22(27)15-12-19(31-3)26(33-5)20(13-15)32-4/h6-13,28H,1-5H3. The van der Waals surface area contributed by atoms with Crippen molar-refractivity contribution in [1.29, 1.82) is 0 Å². The first-order valence-corrected chi connectivity index (χ1v) is 10.3. The van der Waals surface area contributed by atoms with Crippen molar-refractivity contribution in [3.05, 3.63) is 59.7 Å². The van der Waals surface area contributed by atoms with Gasteiger partial charge in [0.05, 0.1) is 41.1 Å². The monoisotopic (exact) mass is 464 g/mol. The molecule has 0 spiro atoms. The topological polar surface area (TPSA) is 96.6 Å². The lowest BCUT2D eigenvalue weighted by atomic mass is 9.96. The highest BCUT2D eigenvalue weighted by Crippen LogP contribution is 2.44. The Morgan fingerprint density at radius 3 is 1.91 bits per heavy atom. The second kappa shape index (κ2) is 9.27. The molecule has 0 saturated carbocycles. The number of ketones is 1. The summed E-state index contributed by atoms with van der Waals surface area (Å²) in [6.07, 6.45) is 0. The summed E-state index contributed by atoms with van der Waals surface area (Å²) >= 11 is 0. The molecule has 0 bridgehead atoms. The average molecular weight is 464 g/mol. The van der Waals surface area contributed by atoms with Crippen LogP contribution in [0.25, 0.3) is 22.3 Å². The van der Waals surface area contributed by atoms with Gasteiger partial charge in [0.25, 0.3) is 0 Å². The van der Waals surface area contributed by atoms with Crippen molar-refractivity contribution in [3.8, 4) is 45.8 Å². The molecule has 0 saturated heterocycles. The van der Waals surface area contributed by atoms with Gasteiger partial charge in [-0.2, -0.15) is 0 Å². The summed E-state index contributed by atoms with van der Waals surface area (Å²) in [6, 6.07) is 13.5. The third kappa shape index (κ3) is 3.73. The molecule has 3 aromatic carbocycles. The maximum absolute atomic E-state index is 13.9. The van der Waals surface area contributed by atoms with Gasteiger partial charge in [-0.15, -0.1) is 0 Å². The maximum atomic E-state index is 13.9. The van der Waals surface area contributed by atoms with Crippen LogP contribution in [-0.2, 0) is 0 Å². The van der Waals surface area contributed by atoms with Crippen LogP contribution in [0.5, 0.6) is 34.5 Å². The van der Waals surface area contributed by atoms with Gasteiger partial charge in [-0.3, -0.25) is 4.79 Å². The van der Waals surface area contributed by atoms with E-state index in [1.165, 1.54) is 28.4 Å². The molecule has 0 amide bonds. The number of carbonyl (C=O) groups is 1. The summed E-state index contributed by atoms with van der Waals surface area (Å²) in [5.41, 5.74) is 1.33. The number of hydrogen-bond acceptors (Lipinski definition) is 8. The Balaban J connectivity index is 1.98. The first-order chi connectivity index (χ1) is 16.5. The minimum absolute atomic E-state index is 0.140. The first-order valence-electron chi connectivity index (χ1n) is 10.3. The molecule has 0 atom stereocenters. The predicted octanol–water partition coefficient (Wildman–Crippen LogP) is 5.08. The largest absolute Gasteiger partial charge is 0.502 e. The van der Waals surface area contributed by atoms with Gasteiger partial charge in [0.15, 0.2) is 28.6 Å². The van der Waals surface area contributed by atoms with Crippen molar-refractivity contribution in [2.45, 2.75) is 0 Å². The van der Waals surface area contributed by atoms with Crippen LogP contribution in [-0.4, -0.2) is 46.4 Å². The van der Waals surface area contributed by atoms with Crippen molar-refractivity contribution in [2.75, 3.05) is 35.5 Å². The van der Waals surface area contributed by atoms with E-state index in [1.54, 1.807) is 55.6 Å². The summed E-state index contributed by atoms with van der Waals surface area (Å²) in [4.78, 5) is 13.9. The zero-order valence-electron chi connectivity index (χ0n) is 19.4. The van der Waals surface area contributed by atoms with Crippen LogP contribution in [0.4, 0.5) is 0 Å². The number of methoxy groups -OCH3 is 5. The number of furan rings is 1. The molecule has 0 aliphatic heterocycles. The molecule has 8 heteroatoms. The molecule has 34 heavy (non-hydrogen) atoms. The lowest BCUT2D eigenvalue weighted by Gasteiger charge is -2.14. The lowest BCUT2D eigenvalue weighted by molar-refractivity contribution is 0.103. The van der Waals surface area contributed by atoms with Gasteiger partial charge in [0.2, 0.25) is 11.5 Å². The molecule has 4 aromatic rings. The average Bonchev–Trinajstić information content (AvgIpc) is 3.28. The minimum Gasteiger partial charge on any atom is -0.502 e. The quantitative estimate of drug-likeness (QED) is 0.361. The number of phenolic OH excluding ortho intramolecular Hbond substituents is 1.